The Morgan fingerprint density at radius 2 is 0.341 bits per heavy atom. The molecule has 0 spiro atoms. The molecule has 0 unspecified atom stereocenters. The molecule has 6 aromatic heterocycles. The summed E-state index contributed by atoms with van der Waals surface area (Å²) in [6.45, 7) is 8.59. The first-order valence-corrected chi connectivity index (χ1v) is 43.5. The standard InChI is InChI=1S/2C37H26N2.2C23H17N/c1-25-10-9-13-29(22-25)39-35-17-8-6-15-31(35)33-24-27(19-21-37(33)39)26-18-20-36-32(23-26)30-14-5-7-16-34(30)38(36)28-11-3-2-4-12-28;1-25-15-19-29(20-16-25)39-35-14-8-6-12-31(35)33-24-27(18-22-37(33)39)26-17-21-36-32(23-26)30-11-5-7-13-34(30)38(36)28-9-3-2-4-10-28;1-16-7-6-10-19(13-16)24-22-12-5-4-11-20(22)21-14-17-8-2-3-9-18(17)15-23(21)24;1-16-11-12-22-20(13-16)21-14-17-7-5-6-8-18(17)15-23(21)24(22)19-9-3-2-4-10-19/h2*2-24H,1H3;2*2-15H,1H3. The normalized spacial score (nSPS) is 11.7. The van der Waals surface area contributed by atoms with E-state index in [0.717, 1.165) is 0 Å². The molecule has 26 aromatic rings. The molecule has 0 saturated heterocycles. The number of aromatic nitrogens is 6. The van der Waals surface area contributed by atoms with Crippen LogP contribution in [0.5, 0.6) is 0 Å². The molecule has 0 radical (unpaired) electrons. The molecule has 0 bridgehead atoms. The van der Waals surface area contributed by atoms with Crippen LogP contribution in [-0.2, 0) is 0 Å². The number of rotatable bonds is 8. The maximum absolute atomic E-state index is 2.39. The highest BCUT2D eigenvalue weighted by Crippen LogP contribution is 2.44. The third kappa shape index (κ3) is 13.0. The van der Waals surface area contributed by atoms with Crippen molar-refractivity contribution >= 4 is 152 Å². The van der Waals surface area contributed by atoms with Gasteiger partial charge in [-0.1, -0.05) is 272 Å². The number of para-hydroxylation sites is 8. The van der Waals surface area contributed by atoms with E-state index in [-0.39, 0.29) is 0 Å². The zero-order valence-corrected chi connectivity index (χ0v) is 70.4. The van der Waals surface area contributed by atoms with E-state index in [1.807, 2.05) is 0 Å². The molecule has 0 aliphatic rings. The zero-order valence-electron chi connectivity index (χ0n) is 70.4. The Morgan fingerprint density at radius 3 is 0.683 bits per heavy atom. The third-order valence-electron chi connectivity index (χ3n) is 25.5. The lowest BCUT2D eigenvalue weighted by molar-refractivity contribution is 1.17. The smallest absolute Gasteiger partial charge is 0.0547 e. The number of hydrogen-bond donors (Lipinski definition) is 0. The van der Waals surface area contributed by atoms with Crippen molar-refractivity contribution in [3.05, 3.63) is 471 Å². The van der Waals surface area contributed by atoms with Gasteiger partial charge in [-0.15, -0.1) is 0 Å². The van der Waals surface area contributed by atoms with Crippen molar-refractivity contribution in [2.75, 3.05) is 0 Å². The third-order valence-corrected chi connectivity index (χ3v) is 25.5. The van der Waals surface area contributed by atoms with E-state index < -0.39 is 0 Å². The van der Waals surface area contributed by atoms with Crippen molar-refractivity contribution in [2.45, 2.75) is 27.7 Å². The summed E-state index contributed by atoms with van der Waals surface area (Å²) >= 11 is 0. The van der Waals surface area contributed by atoms with Crippen LogP contribution in [0.1, 0.15) is 22.3 Å². The fraction of sp³-hybridized carbons (Fsp3) is 0.0333. The molecule has 0 N–H and O–H groups in total. The molecule has 596 valence electrons. The lowest BCUT2D eigenvalue weighted by atomic mass is 10.0. The van der Waals surface area contributed by atoms with E-state index in [1.165, 1.54) is 231 Å². The van der Waals surface area contributed by atoms with E-state index in [2.05, 4.69) is 504 Å². The lowest BCUT2D eigenvalue weighted by Gasteiger charge is -2.10. The van der Waals surface area contributed by atoms with E-state index in [4.69, 9.17) is 0 Å². The fourth-order valence-corrected chi connectivity index (χ4v) is 19.7. The summed E-state index contributed by atoms with van der Waals surface area (Å²) in [6.07, 6.45) is 0. The van der Waals surface area contributed by atoms with Gasteiger partial charge in [0.1, 0.15) is 0 Å². The largest absolute Gasteiger partial charge is 0.309 e. The monoisotopic (exact) mass is 1610 g/mol. The predicted octanol–water partition coefficient (Wildman–Crippen LogP) is 32.2. The van der Waals surface area contributed by atoms with Crippen LogP contribution in [0.3, 0.4) is 0 Å². The first-order valence-electron chi connectivity index (χ1n) is 43.5. The molecule has 20 aromatic carbocycles. The van der Waals surface area contributed by atoms with E-state index in [0.29, 0.717) is 0 Å². The summed E-state index contributed by atoms with van der Waals surface area (Å²) in [4.78, 5) is 0. The summed E-state index contributed by atoms with van der Waals surface area (Å²) in [6, 6.07) is 163. The Morgan fingerprint density at radius 1 is 0.119 bits per heavy atom. The van der Waals surface area contributed by atoms with Gasteiger partial charge in [0.2, 0.25) is 0 Å². The number of nitrogens with zero attached hydrogens (tertiary/aromatic N) is 6. The minimum atomic E-state index is 1.18. The van der Waals surface area contributed by atoms with Crippen molar-refractivity contribution in [1.29, 1.82) is 0 Å². The second-order valence-electron chi connectivity index (χ2n) is 33.5. The minimum absolute atomic E-state index is 1.18. The molecule has 26 rings (SSSR count). The van der Waals surface area contributed by atoms with Gasteiger partial charge in [-0.25, -0.2) is 0 Å². The average molecular weight is 1610 g/mol. The molecule has 0 aliphatic heterocycles. The van der Waals surface area contributed by atoms with E-state index in [1.54, 1.807) is 0 Å². The van der Waals surface area contributed by atoms with Gasteiger partial charge in [-0.05, 0) is 271 Å². The van der Waals surface area contributed by atoms with E-state index in [9.17, 15) is 0 Å². The molecule has 126 heavy (non-hydrogen) atoms. The first-order chi connectivity index (χ1) is 62.1. The van der Waals surface area contributed by atoms with Gasteiger partial charge in [0.25, 0.3) is 0 Å². The predicted molar refractivity (Wildman–Crippen MR) is 537 cm³/mol. The zero-order chi connectivity index (χ0) is 84.0. The topological polar surface area (TPSA) is 29.6 Å². The molecule has 0 saturated carbocycles. The lowest BCUT2D eigenvalue weighted by Crippen LogP contribution is -1.94. The van der Waals surface area contributed by atoms with Crippen molar-refractivity contribution < 1.29 is 0 Å². The van der Waals surface area contributed by atoms with Gasteiger partial charge >= 0.3 is 0 Å². The van der Waals surface area contributed by atoms with Gasteiger partial charge in [-0.3, -0.25) is 0 Å². The SMILES string of the molecule is Cc1ccc(-n2c3ccccc3c3cc(-c4ccc5c(c4)c4ccccc4n5-c4ccccc4)ccc32)cc1.Cc1ccc2c(c1)c1cc3ccccc3cc1n2-c1ccccc1.Cc1cccc(-n2c3ccccc3c3cc(-c4ccc5c(c4)c4ccccc4n5-c4ccccc4)ccc32)c1.Cc1cccc(-n2c3ccccc3c3cc4ccccc4cc32)c1. The van der Waals surface area contributed by atoms with Crippen LogP contribution >= 0.6 is 0 Å². The first kappa shape index (κ1) is 74.7. The molecular weight excluding hydrogens is 1530 g/mol. The van der Waals surface area contributed by atoms with Crippen molar-refractivity contribution in [3.8, 4) is 56.4 Å². The highest BCUT2D eigenvalue weighted by atomic mass is 15.0. The van der Waals surface area contributed by atoms with Crippen LogP contribution in [0.4, 0.5) is 0 Å². The molecule has 0 aliphatic carbocycles. The van der Waals surface area contributed by atoms with Gasteiger partial charge in [0, 0.05) is 98.8 Å². The molecule has 6 heteroatoms. The molecule has 6 heterocycles. The molecular formula is C120H86N6. The van der Waals surface area contributed by atoms with Gasteiger partial charge in [-0.2, -0.15) is 0 Å². The quantitative estimate of drug-likeness (QED) is 0.145. The van der Waals surface area contributed by atoms with Crippen LogP contribution in [0, 0.1) is 27.7 Å². The Kier molecular flexibility index (Phi) is 18.4. The van der Waals surface area contributed by atoms with Gasteiger partial charge < -0.3 is 27.4 Å². The van der Waals surface area contributed by atoms with Crippen molar-refractivity contribution in [3.63, 3.8) is 0 Å². The Balaban J connectivity index is 0.0000000991. The van der Waals surface area contributed by atoms with Gasteiger partial charge in [0.15, 0.2) is 0 Å². The van der Waals surface area contributed by atoms with Crippen LogP contribution in [-0.4, -0.2) is 27.4 Å². The summed E-state index contributed by atoms with van der Waals surface area (Å²) in [5.41, 5.74) is 32.1. The highest BCUT2D eigenvalue weighted by molar-refractivity contribution is 6.18. The van der Waals surface area contributed by atoms with Gasteiger partial charge in [0.05, 0.1) is 66.2 Å². The fourth-order valence-electron chi connectivity index (χ4n) is 19.7. The average Bonchev–Trinajstić information content (AvgIpc) is 1.60. The highest BCUT2D eigenvalue weighted by Gasteiger charge is 2.22. The van der Waals surface area contributed by atoms with E-state index >= 15 is 0 Å². The molecule has 6 nitrogen and oxygen atoms in total. The Bertz CT molecular complexity index is 8750. The molecule has 0 atom stereocenters. The Hall–Kier alpha value is -16.3. The minimum Gasteiger partial charge on any atom is -0.309 e. The number of aryl methyl sites for hydroxylation is 4. The Labute approximate surface area is 730 Å². The van der Waals surface area contributed by atoms with Crippen molar-refractivity contribution in [2.24, 2.45) is 0 Å². The molecule has 0 amide bonds. The van der Waals surface area contributed by atoms with Crippen LogP contribution in [0.15, 0.2) is 449 Å². The number of benzene rings is 20. The van der Waals surface area contributed by atoms with Crippen LogP contribution < -0.4 is 0 Å². The maximum Gasteiger partial charge on any atom is 0.0547 e. The summed E-state index contributed by atoms with van der Waals surface area (Å²) in [5.74, 6) is 0. The molecule has 0 fully saturated rings. The van der Waals surface area contributed by atoms with Crippen LogP contribution in [0.25, 0.3) is 209 Å². The van der Waals surface area contributed by atoms with Crippen LogP contribution in [0.2, 0.25) is 0 Å². The second kappa shape index (κ2) is 31.0. The van der Waals surface area contributed by atoms with Crippen molar-refractivity contribution in [1.82, 2.24) is 27.4 Å². The number of hydrogen-bond acceptors (Lipinski definition) is 0. The maximum atomic E-state index is 2.39. The number of fused-ring (bicyclic) bond motifs is 20. The second-order valence-corrected chi connectivity index (χ2v) is 33.5. The summed E-state index contributed by atoms with van der Waals surface area (Å²) in [7, 11) is 0. The summed E-state index contributed by atoms with van der Waals surface area (Å²) in [5, 5.41) is 20.6. The summed E-state index contributed by atoms with van der Waals surface area (Å²) < 4.78 is 14.3.